The summed E-state index contributed by atoms with van der Waals surface area (Å²) in [6, 6.07) is 16.0. The second kappa shape index (κ2) is 7.81. The summed E-state index contributed by atoms with van der Waals surface area (Å²) >= 11 is 1.62. The Labute approximate surface area is 183 Å². The highest BCUT2D eigenvalue weighted by Crippen LogP contribution is 2.26. The number of nitrogens with one attached hydrogen (secondary N) is 1. The summed E-state index contributed by atoms with van der Waals surface area (Å²) in [5, 5.41) is 14.1. The van der Waals surface area contributed by atoms with Crippen LogP contribution in [0.4, 0.5) is 5.69 Å². The topological polar surface area (TPSA) is 77.1 Å². The fraction of sp³-hybridized carbons (Fsp3) is 0.130. The van der Waals surface area contributed by atoms with E-state index < -0.39 is 0 Å². The number of amides is 1. The third-order valence-electron chi connectivity index (χ3n) is 5.21. The number of carbonyl (C=O) groups excluding carboxylic acids is 1. The highest BCUT2D eigenvalue weighted by atomic mass is 32.1. The molecule has 5 aromatic rings. The van der Waals surface area contributed by atoms with Gasteiger partial charge in [-0.3, -0.25) is 9.48 Å². The summed E-state index contributed by atoms with van der Waals surface area (Å²) < 4.78 is 3.61. The van der Waals surface area contributed by atoms with E-state index in [9.17, 15) is 4.79 Å². The van der Waals surface area contributed by atoms with Crippen molar-refractivity contribution in [3.05, 3.63) is 88.8 Å². The van der Waals surface area contributed by atoms with Crippen LogP contribution in [0.2, 0.25) is 0 Å². The van der Waals surface area contributed by atoms with Crippen LogP contribution in [0.15, 0.2) is 66.3 Å². The molecule has 154 valence electrons. The number of hydrogen-bond acceptors (Lipinski definition) is 5. The fourth-order valence-electron chi connectivity index (χ4n) is 3.63. The van der Waals surface area contributed by atoms with E-state index in [1.54, 1.807) is 28.2 Å². The maximum atomic E-state index is 13.1. The van der Waals surface area contributed by atoms with E-state index in [0.29, 0.717) is 17.8 Å². The Morgan fingerprint density at radius 3 is 2.71 bits per heavy atom. The molecule has 0 aliphatic rings. The zero-order valence-electron chi connectivity index (χ0n) is 17.1. The molecule has 7 nitrogen and oxygen atoms in total. The van der Waals surface area contributed by atoms with E-state index in [-0.39, 0.29) is 5.91 Å². The Morgan fingerprint density at radius 2 is 1.94 bits per heavy atom. The Kier molecular flexibility index (Phi) is 4.83. The minimum atomic E-state index is -0.253. The molecule has 0 saturated heterocycles. The lowest BCUT2D eigenvalue weighted by atomic mass is 10.2. The van der Waals surface area contributed by atoms with Crippen molar-refractivity contribution < 1.29 is 4.79 Å². The van der Waals surface area contributed by atoms with Crippen molar-refractivity contribution in [1.82, 2.24) is 24.4 Å². The first-order valence-electron chi connectivity index (χ1n) is 9.87. The number of hydrogen-bond donors (Lipinski definition) is 1. The first-order chi connectivity index (χ1) is 15.1. The average molecular weight is 429 g/mol. The van der Waals surface area contributed by atoms with Crippen molar-refractivity contribution in [2.24, 2.45) is 0 Å². The van der Waals surface area contributed by atoms with Crippen LogP contribution in [0.25, 0.3) is 16.2 Å². The number of anilines is 1. The van der Waals surface area contributed by atoms with Crippen LogP contribution in [-0.2, 0) is 6.54 Å². The Morgan fingerprint density at radius 1 is 1.10 bits per heavy atom. The van der Waals surface area contributed by atoms with Gasteiger partial charge in [0.15, 0.2) is 5.65 Å². The van der Waals surface area contributed by atoms with Crippen molar-refractivity contribution in [3.8, 4) is 10.6 Å². The molecular formula is C23H20N6OS. The highest BCUT2D eigenvalue weighted by Gasteiger charge is 2.20. The summed E-state index contributed by atoms with van der Waals surface area (Å²) in [5.41, 5.74) is 5.39. The number of aryl methyl sites for hydroxylation is 1. The molecule has 1 amide bonds. The Bertz CT molecular complexity index is 1370. The molecule has 0 aliphatic heterocycles. The van der Waals surface area contributed by atoms with Gasteiger partial charge in [-0.25, -0.2) is 9.50 Å². The van der Waals surface area contributed by atoms with Crippen molar-refractivity contribution in [3.63, 3.8) is 0 Å². The minimum Gasteiger partial charge on any atom is -0.319 e. The number of benzene rings is 1. The quantitative estimate of drug-likeness (QED) is 0.445. The van der Waals surface area contributed by atoms with E-state index in [1.807, 2.05) is 60.3 Å². The predicted octanol–water partition coefficient (Wildman–Crippen LogP) is 4.57. The molecule has 4 aromatic heterocycles. The number of carbonyl (C=O) groups is 1. The van der Waals surface area contributed by atoms with Gasteiger partial charge in [-0.05, 0) is 36.9 Å². The average Bonchev–Trinajstić information content (AvgIpc) is 3.51. The van der Waals surface area contributed by atoms with Crippen LogP contribution >= 0.6 is 11.3 Å². The largest absolute Gasteiger partial charge is 0.319 e. The molecule has 31 heavy (non-hydrogen) atoms. The fourth-order valence-corrected chi connectivity index (χ4v) is 4.37. The lowest BCUT2D eigenvalue weighted by molar-refractivity contribution is 0.102. The molecule has 0 fully saturated rings. The van der Waals surface area contributed by atoms with Gasteiger partial charge in [0, 0.05) is 6.20 Å². The summed E-state index contributed by atoms with van der Waals surface area (Å²) in [6.45, 7) is 4.50. The van der Waals surface area contributed by atoms with Gasteiger partial charge in [0.25, 0.3) is 5.91 Å². The smallest absolute Gasteiger partial charge is 0.261 e. The molecule has 0 spiro atoms. The lowest BCUT2D eigenvalue weighted by Crippen LogP contribution is -2.13. The molecule has 4 heterocycles. The molecular weight excluding hydrogens is 408 g/mol. The van der Waals surface area contributed by atoms with Crippen LogP contribution in [0.1, 0.15) is 27.3 Å². The van der Waals surface area contributed by atoms with Gasteiger partial charge in [-0.15, -0.1) is 11.3 Å². The number of aromatic nitrogens is 5. The molecule has 8 heteroatoms. The third kappa shape index (κ3) is 3.51. The summed E-state index contributed by atoms with van der Waals surface area (Å²) in [6.07, 6.45) is 3.27. The zero-order chi connectivity index (χ0) is 21.4. The molecule has 0 radical (unpaired) electrons. The molecule has 0 unspecified atom stereocenters. The summed E-state index contributed by atoms with van der Waals surface area (Å²) in [7, 11) is 0. The normalized spacial score (nSPS) is 11.2. The zero-order valence-corrected chi connectivity index (χ0v) is 17.9. The number of fused-ring (bicyclic) bond motifs is 1. The molecule has 0 bridgehead atoms. The maximum Gasteiger partial charge on any atom is 0.261 e. The molecule has 0 saturated carbocycles. The van der Waals surface area contributed by atoms with Crippen LogP contribution in [-0.4, -0.2) is 30.3 Å². The highest BCUT2D eigenvalue weighted by molar-refractivity contribution is 7.13. The third-order valence-corrected chi connectivity index (χ3v) is 6.11. The van der Waals surface area contributed by atoms with Gasteiger partial charge in [0.2, 0.25) is 0 Å². The second-order valence-electron chi connectivity index (χ2n) is 7.24. The van der Waals surface area contributed by atoms with E-state index in [1.165, 1.54) is 0 Å². The van der Waals surface area contributed by atoms with Crippen LogP contribution < -0.4 is 5.32 Å². The van der Waals surface area contributed by atoms with E-state index in [4.69, 9.17) is 0 Å². The number of rotatable bonds is 5. The van der Waals surface area contributed by atoms with Crippen molar-refractivity contribution >= 4 is 28.6 Å². The standard InChI is InChI=1S/C23H20N6OS/c1-15-21(16(2)28(27-15)14-17-7-4-3-5-8-17)26-23(30)18-13-25-29-19(10-11-24-22(18)29)20-9-6-12-31-20/h3-13H,14H2,1-2H3,(H,26,30). The van der Waals surface area contributed by atoms with Gasteiger partial charge < -0.3 is 5.32 Å². The van der Waals surface area contributed by atoms with Crippen LogP contribution in [0, 0.1) is 13.8 Å². The molecule has 1 N–H and O–H groups in total. The van der Waals surface area contributed by atoms with Gasteiger partial charge in [-0.2, -0.15) is 10.2 Å². The lowest BCUT2D eigenvalue weighted by Gasteiger charge is -2.07. The maximum absolute atomic E-state index is 13.1. The summed E-state index contributed by atoms with van der Waals surface area (Å²) in [4.78, 5) is 18.6. The minimum absolute atomic E-state index is 0.253. The van der Waals surface area contributed by atoms with E-state index >= 15 is 0 Å². The van der Waals surface area contributed by atoms with Crippen molar-refractivity contribution in [2.45, 2.75) is 20.4 Å². The predicted molar refractivity (Wildman–Crippen MR) is 121 cm³/mol. The Hall–Kier alpha value is -3.78. The van der Waals surface area contributed by atoms with Gasteiger partial charge in [-0.1, -0.05) is 36.4 Å². The number of thiophene rings is 1. The summed E-state index contributed by atoms with van der Waals surface area (Å²) in [5.74, 6) is -0.253. The van der Waals surface area contributed by atoms with Crippen molar-refractivity contribution in [2.75, 3.05) is 5.32 Å². The van der Waals surface area contributed by atoms with Gasteiger partial charge >= 0.3 is 0 Å². The number of nitrogens with zero attached hydrogens (tertiary/aromatic N) is 5. The first kappa shape index (κ1) is 19.2. The van der Waals surface area contributed by atoms with Gasteiger partial charge in [0.05, 0.1) is 40.4 Å². The van der Waals surface area contributed by atoms with E-state index in [0.717, 1.165) is 33.2 Å². The first-order valence-corrected chi connectivity index (χ1v) is 10.8. The van der Waals surface area contributed by atoms with E-state index in [2.05, 4.69) is 32.6 Å². The van der Waals surface area contributed by atoms with Crippen LogP contribution in [0.5, 0.6) is 0 Å². The molecule has 1 aromatic carbocycles. The molecule has 0 aliphatic carbocycles. The van der Waals surface area contributed by atoms with Gasteiger partial charge in [0.1, 0.15) is 5.56 Å². The van der Waals surface area contributed by atoms with Crippen molar-refractivity contribution in [1.29, 1.82) is 0 Å². The monoisotopic (exact) mass is 428 g/mol. The SMILES string of the molecule is Cc1nn(Cc2ccccc2)c(C)c1NC(=O)c1cnn2c(-c3cccs3)ccnc12. The van der Waals surface area contributed by atoms with Crippen LogP contribution in [0.3, 0.4) is 0 Å². The second-order valence-corrected chi connectivity index (χ2v) is 8.19. The Balaban J connectivity index is 1.45. The molecule has 5 rings (SSSR count). The molecule has 0 atom stereocenters.